The summed E-state index contributed by atoms with van der Waals surface area (Å²) in [5.74, 6) is -0.557. The normalized spacial score (nSPS) is 10.8. The molecule has 0 aliphatic carbocycles. The Bertz CT molecular complexity index is 1190. The molecule has 0 aliphatic rings. The maximum atomic E-state index is 12.4. The lowest BCUT2D eigenvalue weighted by Crippen LogP contribution is -2.24. The highest BCUT2D eigenvalue weighted by Crippen LogP contribution is 2.37. The molecule has 3 aromatic rings. The van der Waals surface area contributed by atoms with E-state index in [-0.39, 0.29) is 29.5 Å². The summed E-state index contributed by atoms with van der Waals surface area (Å²) in [5.41, 5.74) is 1.90. The van der Waals surface area contributed by atoms with Gasteiger partial charge in [0.1, 0.15) is 5.69 Å². The number of nitro benzene ring substituents is 1. The Morgan fingerprint density at radius 2 is 2.23 bits per heavy atom. The van der Waals surface area contributed by atoms with Gasteiger partial charge in [-0.15, -0.1) is 11.3 Å². The lowest BCUT2D eigenvalue weighted by molar-refractivity contribution is -0.385. The number of carbonyl (C=O) groups is 1. The number of nitro groups is 1. The number of ether oxygens (including phenoxy) is 2. The molecule has 1 amide bonds. The Hall–Kier alpha value is -4.06. The van der Waals surface area contributed by atoms with E-state index in [0.29, 0.717) is 11.3 Å². The van der Waals surface area contributed by atoms with Crippen LogP contribution in [0.3, 0.4) is 0 Å². The predicted molar refractivity (Wildman–Crippen MR) is 114 cm³/mol. The van der Waals surface area contributed by atoms with Crippen LogP contribution in [-0.4, -0.2) is 40.7 Å². The molecule has 0 fully saturated rings. The summed E-state index contributed by atoms with van der Waals surface area (Å²) in [6.07, 6.45) is 1.21. The topological polar surface area (TPSA) is 149 Å². The second-order valence-corrected chi connectivity index (χ2v) is 6.87. The zero-order chi connectivity index (χ0) is 22.4. The van der Waals surface area contributed by atoms with Crippen LogP contribution in [0.1, 0.15) is 23.0 Å². The lowest BCUT2D eigenvalue weighted by atomic mass is 10.2. The van der Waals surface area contributed by atoms with Gasteiger partial charge < -0.3 is 14.5 Å². The van der Waals surface area contributed by atoms with Gasteiger partial charge in [0, 0.05) is 11.6 Å². The van der Waals surface area contributed by atoms with Crippen molar-refractivity contribution in [3.05, 3.63) is 67.6 Å². The highest BCUT2D eigenvalue weighted by molar-refractivity contribution is 7.13. The highest BCUT2D eigenvalue weighted by atomic mass is 32.1. The van der Waals surface area contributed by atoms with E-state index in [1.54, 1.807) is 13.0 Å². The molecule has 0 radical (unpaired) electrons. The Labute approximate surface area is 179 Å². The molecular weight excluding hydrogens is 426 g/mol. The van der Waals surface area contributed by atoms with Crippen LogP contribution in [0, 0.1) is 10.1 Å². The number of hydrazone groups is 1. The van der Waals surface area contributed by atoms with Gasteiger partial charge in [0.05, 0.1) is 35.4 Å². The van der Waals surface area contributed by atoms with Crippen LogP contribution in [0.2, 0.25) is 0 Å². The maximum Gasteiger partial charge on any atom is 0.346 e. The number of methoxy groups -OCH3 is 1. The number of benzene rings is 1. The van der Waals surface area contributed by atoms with Crippen molar-refractivity contribution in [3.63, 3.8) is 0 Å². The van der Waals surface area contributed by atoms with Crippen molar-refractivity contribution < 1.29 is 19.2 Å². The number of H-pyrrole nitrogens is 1. The first kappa shape index (κ1) is 21.6. The minimum Gasteiger partial charge on any atom is -0.490 e. The van der Waals surface area contributed by atoms with Gasteiger partial charge in [-0.1, -0.05) is 6.07 Å². The number of carbonyl (C=O) groups excluding carboxylic acids is 1. The zero-order valence-corrected chi connectivity index (χ0v) is 17.3. The van der Waals surface area contributed by atoms with Crippen molar-refractivity contribution >= 4 is 29.1 Å². The van der Waals surface area contributed by atoms with E-state index in [2.05, 4.69) is 20.5 Å². The average molecular weight is 443 g/mol. The number of nitrogens with one attached hydrogen (secondary N) is 2. The highest BCUT2D eigenvalue weighted by Gasteiger charge is 2.21. The summed E-state index contributed by atoms with van der Waals surface area (Å²) in [4.78, 5) is 41.9. The molecule has 0 atom stereocenters. The molecule has 0 saturated heterocycles. The molecular formula is C19H17N5O6S. The Balaban J connectivity index is 1.83. The summed E-state index contributed by atoms with van der Waals surface area (Å²) in [6.45, 7) is 2.00. The number of thiophene rings is 1. The number of hydrogen-bond acceptors (Lipinski definition) is 9. The summed E-state index contributed by atoms with van der Waals surface area (Å²) in [7, 11) is 1.30. The van der Waals surface area contributed by atoms with Crippen molar-refractivity contribution in [1.82, 2.24) is 15.4 Å². The molecule has 0 unspecified atom stereocenters. The summed E-state index contributed by atoms with van der Waals surface area (Å²) >= 11 is 1.40. The Morgan fingerprint density at radius 1 is 1.42 bits per heavy atom. The molecule has 12 heteroatoms. The number of hydrogen-bond donors (Lipinski definition) is 2. The molecule has 3 rings (SSSR count). The van der Waals surface area contributed by atoms with Crippen LogP contribution in [0.15, 0.2) is 45.6 Å². The third-order valence-corrected chi connectivity index (χ3v) is 4.81. The van der Waals surface area contributed by atoms with Crippen molar-refractivity contribution in [2.24, 2.45) is 5.10 Å². The van der Waals surface area contributed by atoms with Crippen molar-refractivity contribution in [3.8, 4) is 22.1 Å². The van der Waals surface area contributed by atoms with E-state index >= 15 is 0 Å². The quantitative estimate of drug-likeness (QED) is 0.309. The smallest absolute Gasteiger partial charge is 0.346 e. The molecule has 2 heterocycles. The molecule has 0 saturated carbocycles. The molecule has 0 spiro atoms. The Morgan fingerprint density at radius 3 is 2.87 bits per heavy atom. The van der Waals surface area contributed by atoms with E-state index in [1.165, 1.54) is 42.9 Å². The summed E-state index contributed by atoms with van der Waals surface area (Å²) in [5, 5.41) is 17.0. The summed E-state index contributed by atoms with van der Waals surface area (Å²) < 4.78 is 10.5. The van der Waals surface area contributed by atoms with Gasteiger partial charge in [0.15, 0.2) is 5.75 Å². The lowest BCUT2D eigenvalue weighted by Gasteiger charge is -2.10. The second kappa shape index (κ2) is 9.63. The standard InChI is InChI=1S/C19H17N5O6S/c1-3-30-15-8-11(7-14(24(27)28)17(15)29-2)10-20-23-18(25)13-9-12(21-19(26)22-13)16-5-4-6-31-16/h4-10H,3H2,1-2H3,(H,23,25)(H,21,22,26)/b20-10+. The molecule has 11 nitrogen and oxygen atoms in total. The third kappa shape index (κ3) is 5.11. The van der Waals surface area contributed by atoms with E-state index in [9.17, 15) is 19.7 Å². The molecule has 0 aliphatic heterocycles. The SMILES string of the molecule is CCOc1cc(/C=N/NC(=O)c2cc(-c3cccs3)[nH]c(=O)n2)cc([N+](=O)[O-])c1OC. The van der Waals surface area contributed by atoms with Gasteiger partial charge in [-0.2, -0.15) is 10.1 Å². The molecule has 2 aromatic heterocycles. The number of amides is 1. The van der Waals surface area contributed by atoms with Crippen LogP contribution in [0.4, 0.5) is 5.69 Å². The van der Waals surface area contributed by atoms with E-state index < -0.39 is 16.5 Å². The minimum absolute atomic E-state index is 0.0122. The van der Waals surface area contributed by atoms with Crippen molar-refractivity contribution in [2.45, 2.75) is 6.92 Å². The summed E-state index contributed by atoms with van der Waals surface area (Å²) in [6, 6.07) is 7.77. The van der Waals surface area contributed by atoms with Gasteiger partial charge in [-0.3, -0.25) is 14.9 Å². The number of nitrogens with zero attached hydrogens (tertiary/aromatic N) is 3. The van der Waals surface area contributed by atoms with Gasteiger partial charge in [0.2, 0.25) is 5.75 Å². The maximum absolute atomic E-state index is 12.4. The van der Waals surface area contributed by atoms with Gasteiger partial charge in [-0.25, -0.2) is 10.2 Å². The molecule has 0 bridgehead atoms. The molecule has 2 N–H and O–H groups in total. The number of rotatable bonds is 8. The monoisotopic (exact) mass is 443 g/mol. The fourth-order valence-electron chi connectivity index (χ4n) is 2.65. The zero-order valence-electron chi connectivity index (χ0n) is 16.4. The van der Waals surface area contributed by atoms with Crippen molar-refractivity contribution in [1.29, 1.82) is 0 Å². The first-order valence-electron chi connectivity index (χ1n) is 8.90. The van der Waals surface area contributed by atoms with Crippen LogP contribution in [0.5, 0.6) is 11.5 Å². The average Bonchev–Trinajstić information content (AvgIpc) is 3.28. The number of aromatic nitrogens is 2. The molecule has 160 valence electrons. The minimum atomic E-state index is -0.715. The molecule has 1 aromatic carbocycles. The van der Waals surface area contributed by atoms with Crippen LogP contribution < -0.4 is 20.6 Å². The van der Waals surface area contributed by atoms with Gasteiger partial charge in [0.25, 0.3) is 5.91 Å². The number of aromatic amines is 1. The fraction of sp³-hybridized carbons (Fsp3) is 0.158. The van der Waals surface area contributed by atoms with Gasteiger partial charge >= 0.3 is 11.4 Å². The van der Waals surface area contributed by atoms with Gasteiger partial charge in [-0.05, 0) is 30.5 Å². The molecule has 31 heavy (non-hydrogen) atoms. The van der Waals surface area contributed by atoms with Crippen LogP contribution in [-0.2, 0) is 0 Å². The van der Waals surface area contributed by atoms with E-state index in [0.717, 1.165) is 4.88 Å². The third-order valence-electron chi connectivity index (χ3n) is 3.90. The fourth-order valence-corrected chi connectivity index (χ4v) is 3.35. The van der Waals surface area contributed by atoms with Crippen LogP contribution >= 0.6 is 11.3 Å². The van der Waals surface area contributed by atoms with E-state index in [4.69, 9.17) is 9.47 Å². The van der Waals surface area contributed by atoms with E-state index in [1.807, 2.05) is 11.4 Å². The predicted octanol–water partition coefficient (Wildman–Crippen LogP) is 2.58. The van der Waals surface area contributed by atoms with Crippen molar-refractivity contribution in [2.75, 3.05) is 13.7 Å². The first-order chi connectivity index (χ1) is 14.9. The second-order valence-electron chi connectivity index (χ2n) is 5.92. The van der Waals surface area contributed by atoms with Crippen LogP contribution in [0.25, 0.3) is 10.6 Å². The Kier molecular flexibility index (Phi) is 6.72. The first-order valence-corrected chi connectivity index (χ1v) is 9.78. The largest absolute Gasteiger partial charge is 0.490 e.